The molecule has 0 aromatic carbocycles. The maximum atomic E-state index is 11.5. The first-order chi connectivity index (χ1) is 8.15. The number of esters is 1. The molecule has 0 atom stereocenters. The number of ether oxygens (including phenoxy) is 1. The number of fused-ring (bicyclic) bond motifs is 1. The van der Waals surface area contributed by atoms with Crippen molar-refractivity contribution in [2.45, 2.75) is 6.92 Å². The summed E-state index contributed by atoms with van der Waals surface area (Å²) in [5.41, 5.74) is 0.0851. The molecule has 0 aliphatic carbocycles. The van der Waals surface area contributed by atoms with Crippen LogP contribution in [0.5, 0.6) is 11.6 Å². The van der Waals surface area contributed by atoms with Crippen LogP contribution in [0.25, 0.3) is 11.0 Å². The molecule has 2 heterocycles. The Morgan fingerprint density at radius 2 is 2.17 bits per heavy atom. The molecule has 2 rings (SSSR count). The van der Waals surface area contributed by atoms with Gasteiger partial charge in [0, 0.05) is 6.20 Å². The number of hydrogen-bond donors (Lipinski definition) is 2. The van der Waals surface area contributed by atoms with Crippen LogP contribution >= 0.6 is 0 Å². The molecule has 2 aromatic rings. The molecule has 0 radical (unpaired) electrons. The fourth-order valence-corrected chi connectivity index (χ4v) is 1.46. The van der Waals surface area contributed by atoms with Gasteiger partial charge in [-0.15, -0.1) is 0 Å². The molecule has 6 nitrogen and oxygen atoms in total. The van der Waals surface area contributed by atoms with Gasteiger partial charge >= 0.3 is 35.5 Å². The molecule has 0 amide bonds. The van der Waals surface area contributed by atoms with Crippen molar-refractivity contribution in [2.24, 2.45) is 0 Å². The van der Waals surface area contributed by atoms with E-state index in [-0.39, 0.29) is 47.2 Å². The second-order valence-corrected chi connectivity index (χ2v) is 3.25. The minimum atomic E-state index is -0.831. The van der Waals surface area contributed by atoms with Crippen LogP contribution in [0.1, 0.15) is 17.3 Å². The van der Waals surface area contributed by atoms with E-state index >= 15 is 0 Å². The number of hydrogen-bond acceptors (Lipinski definition) is 6. The Hall–Kier alpha value is -1.37. The number of aromatic hydroxyl groups is 2. The van der Waals surface area contributed by atoms with Gasteiger partial charge in [-0.25, -0.2) is 9.78 Å². The maximum absolute atomic E-state index is 11.5. The molecule has 0 bridgehead atoms. The van der Waals surface area contributed by atoms with Gasteiger partial charge in [0.25, 0.3) is 0 Å². The molecule has 90 valence electrons. The summed E-state index contributed by atoms with van der Waals surface area (Å²) in [5, 5.41) is 19.5. The number of nitrogens with zero attached hydrogens (tertiary/aromatic N) is 2. The fourth-order valence-electron chi connectivity index (χ4n) is 1.46. The molecule has 2 aromatic heterocycles. The predicted octanol–water partition coefficient (Wildman–Crippen LogP) is 0.569. The van der Waals surface area contributed by atoms with Crippen LogP contribution in [0.15, 0.2) is 18.3 Å². The Morgan fingerprint density at radius 1 is 1.44 bits per heavy atom. The standard InChI is InChI=1S/C11H10N2O4.Na.H/c1-2-17-11(16)7-9(14)8-6(13-10(7)15)4-3-5-12-8;;/h3-5H,2H2,1H3,(H2,13,14,15);;. The van der Waals surface area contributed by atoms with Gasteiger partial charge in [0.1, 0.15) is 5.52 Å². The third kappa shape index (κ3) is 2.55. The number of rotatable bonds is 2. The minimum absolute atomic E-state index is 0. The van der Waals surface area contributed by atoms with Crippen LogP contribution in [0.3, 0.4) is 0 Å². The summed E-state index contributed by atoms with van der Waals surface area (Å²) in [5.74, 6) is -1.82. The Balaban J connectivity index is 0.00000162. The van der Waals surface area contributed by atoms with Crippen LogP contribution in [0, 0.1) is 0 Å². The summed E-state index contributed by atoms with van der Waals surface area (Å²) < 4.78 is 4.71. The van der Waals surface area contributed by atoms with Crippen LogP contribution in [0.4, 0.5) is 0 Å². The summed E-state index contributed by atoms with van der Waals surface area (Å²) in [7, 11) is 0. The monoisotopic (exact) mass is 258 g/mol. The second kappa shape index (κ2) is 5.99. The van der Waals surface area contributed by atoms with E-state index in [2.05, 4.69) is 9.97 Å². The topological polar surface area (TPSA) is 92.5 Å². The number of carbonyl (C=O) groups is 1. The molecular weight excluding hydrogens is 247 g/mol. The first-order valence-corrected chi connectivity index (χ1v) is 4.99. The average molecular weight is 258 g/mol. The first kappa shape index (κ1) is 14.7. The van der Waals surface area contributed by atoms with E-state index in [1.54, 1.807) is 19.1 Å². The van der Waals surface area contributed by atoms with Gasteiger partial charge in [-0.2, -0.15) is 0 Å². The molecule has 0 saturated heterocycles. The molecule has 0 saturated carbocycles. The van der Waals surface area contributed by atoms with Crippen molar-refractivity contribution in [3.63, 3.8) is 0 Å². The van der Waals surface area contributed by atoms with Gasteiger partial charge < -0.3 is 14.9 Å². The van der Waals surface area contributed by atoms with Crippen molar-refractivity contribution < 1.29 is 19.7 Å². The summed E-state index contributed by atoms with van der Waals surface area (Å²) in [4.78, 5) is 19.2. The van der Waals surface area contributed by atoms with Crippen molar-refractivity contribution in [3.8, 4) is 11.6 Å². The quantitative estimate of drug-likeness (QED) is 0.604. The number of carbonyl (C=O) groups excluding carboxylic acids is 1. The molecule has 0 aliphatic heterocycles. The summed E-state index contributed by atoms with van der Waals surface area (Å²) in [6.07, 6.45) is 1.45. The van der Waals surface area contributed by atoms with E-state index in [9.17, 15) is 15.0 Å². The van der Waals surface area contributed by atoms with Gasteiger partial charge in [-0.1, -0.05) is 0 Å². The molecule has 0 unspecified atom stereocenters. The van der Waals surface area contributed by atoms with Crippen molar-refractivity contribution in [3.05, 3.63) is 23.9 Å². The predicted molar refractivity (Wildman–Crippen MR) is 66.0 cm³/mol. The van der Waals surface area contributed by atoms with E-state index in [0.717, 1.165) is 0 Å². The zero-order chi connectivity index (χ0) is 12.4. The van der Waals surface area contributed by atoms with Crippen LogP contribution in [-0.2, 0) is 4.74 Å². The van der Waals surface area contributed by atoms with Crippen molar-refractivity contribution in [2.75, 3.05) is 6.61 Å². The van der Waals surface area contributed by atoms with E-state index in [1.165, 1.54) is 6.20 Å². The Bertz CT molecular complexity index is 589. The first-order valence-electron chi connectivity index (χ1n) is 4.99. The van der Waals surface area contributed by atoms with Gasteiger partial charge in [-0.05, 0) is 19.1 Å². The van der Waals surface area contributed by atoms with Gasteiger partial charge in [-0.3, -0.25) is 4.98 Å². The van der Waals surface area contributed by atoms with Gasteiger partial charge in [0.15, 0.2) is 11.3 Å². The van der Waals surface area contributed by atoms with Crippen molar-refractivity contribution in [1.29, 1.82) is 0 Å². The molecular formula is C11H11N2NaO4. The molecule has 18 heavy (non-hydrogen) atoms. The SMILES string of the molecule is CCOC(=O)c1c(O)nc2cccnc2c1O.[NaH]. The third-order valence-electron chi connectivity index (χ3n) is 2.18. The molecule has 0 spiro atoms. The zero-order valence-corrected chi connectivity index (χ0v) is 9.04. The van der Waals surface area contributed by atoms with E-state index in [4.69, 9.17) is 4.74 Å². The van der Waals surface area contributed by atoms with Crippen molar-refractivity contribution in [1.82, 2.24) is 9.97 Å². The van der Waals surface area contributed by atoms with Crippen molar-refractivity contribution >= 4 is 46.6 Å². The van der Waals surface area contributed by atoms with E-state index < -0.39 is 17.6 Å². The number of pyridine rings is 2. The fraction of sp³-hybridized carbons (Fsp3) is 0.182. The van der Waals surface area contributed by atoms with Crippen LogP contribution in [0.2, 0.25) is 0 Å². The summed E-state index contributed by atoms with van der Waals surface area (Å²) >= 11 is 0. The average Bonchev–Trinajstić information content (AvgIpc) is 2.29. The van der Waals surface area contributed by atoms with Crippen LogP contribution < -0.4 is 0 Å². The molecule has 0 aliphatic rings. The Morgan fingerprint density at radius 3 is 2.83 bits per heavy atom. The zero-order valence-electron chi connectivity index (χ0n) is 9.04. The van der Waals surface area contributed by atoms with E-state index in [1.807, 2.05) is 0 Å². The van der Waals surface area contributed by atoms with E-state index in [0.29, 0.717) is 5.52 Å². The number of aromatic nitrogens is 2. The third-order valence-corrected chi connectivity index (χ3v) is 2.18. The van der Waals surface area contributed by atoms with Gasteiger partial charge in [0.2, 0.25) is 5.88 Å². The normalized spacial score (nSPS) is 9.83. The van der Waals surface area contributed by atoms with Gasteiger partial charge in [0.05, 0.1) is 12.1 Å². The molecule has 7 heteroatoms. The Kier molecular flexibility index (Phi) is 4.89. The Labute approximate surface area is 125 Å². The molecule has 0 fully saturated rings. The summed E-state index contributed by atoms with van der Waals surface area (Å²) in [6.45, 7) is 1.76. The second-order valence-electron chi connectivity index (χ2n) is 3.25. The molecule has 2 N–H and O–H groups in total. The van der Waals surface area contributed by atoms with Crippen LogP contribution in [-0.4, -0.2) is 62.3 Å². The summed E-state index contributed by atoms with van der Waals surface area (Å²) in [6, 6.07) is 3.18.